The summed E-state index contributed by atoms with van der Waals surface area (Å²) in [6, 6.07) is 0. The zero-order valence-electron chi connectivity index (χ0n) is 10.7. The van der Waals surface area contributed by atoms with Crippen LogP contribution in [0.2, 0.25) is 0 Å². The van der Waals surface area contributed by atoms with Gasteiger partial charge in [-0.15, -0.1) is 0 Å². The van der Waals surface area contributed by atoms with Crippen molar-refractivity contribution in [1.82, 2.24) is 0 Å². The van der Waals surface area contributed by atoms with E-state index in [0.29, 0.717) is 19.3 Å². The molecule has 100 valence electrons. The smallest absolute Gasteiger partial charge is 0.248 e. The van der Waals surface area contributed by atoms with Crippen molar-refractivity contribution in [3.8, 4) is 0 Å². The van der Waals surface area contributed by atoms with Crippen molar-refractivity contribution in [2.75, 3.05) is 0 Å². The quantitative estimate of drug-likeness (QED) is 0.565. The lowest BCUT2D eigenvalue weighted by Gasteiger charge is -2.27. The summed E-state index contributed by atoms with van der Waals surface area (Å²) in [7, 11) is 0. The molecule has 0 radical (unpaired) electrons. The summed E-state index contributed by atoms with van der Waals surface area (Å²) < 4.78 is 41.0. The molecule has 1 aliphatic rings. The maximum atomic E-state index is 12.9. The average molecular weight is 265 g/mol. The van der Waals surface area contributed by atoms with Gasteiger partial charge >= 0.3 is 0 Å². The topological polar surface area (TPSA) is 35.4 Å². The van der Waals surface area contributed by atoms with E-state index in [-0.39, 0.29) is 23.5 Å². The summed E-state index contributed by atoms with van der Waals surface area (Å²) in [6.45, 7) is 5.59. The lowest BCUT2D eigenvalue weighted by Crippen LogP contribution is -2.26. The second-order valence-corrected chi connectivity index (χ2v) is 7.62. The van der Waals surface area contributed by atoms with E-state index >= 15 is 0 Å². The van der Waals surface area contributed by atoms with Crippen LogP contribution in [0.4, 0.5) is 8.78 Å². The fraction of sp³-hybridized carbons (Fsp3) is 0.917. The number of hydrogen-bond acceptors (Lipinski definition) is 2. The minimum Gasteiger partial charge on any atom is -0.591 e. The van der Waals surface area contributed by atoms with Gasteiger partial charge < -0.3 is 4.55 Å². The van der Waals surface area contributed by atoms with Crippen LogP contribution in [0, 0.1) is 5.92 Å². The van der Waals surface area contributed by atoms with Crippen molar-refractivity contribution >= 4 is 17.6 Å². The van der Waals surface area contributed by atoms with Crippen molar-refractivity contribution in [2.24, 2.45) is 10.3 Å². The lowest BCUT2D eigenvalue weighted by atomic mass is 9.85. The molecule has 1 atom stereocenters. The molecule has 1 rings (SSSR count). The number of hydrogen-bond donors (Lipinski definition) is 0. The Hall–Kier alpha value is -0.160. The molecule has 0 saturated heterocycles. The second-order valence-electron chi connectivity index (χ2n) is 5.68. The highest BCUT2D eigenvalue weighted by Crippen LogP contribution is 2.37. The van der Waals surface area contributed by atoms with Crippen molar-refractivity contribution in [3.05, 3.63) is 0 Å². The number of halogens is 2. The average Bonchev–Trinajstić information content (AvgIpc) is 2.19. The highest BCUT2D eigenvalue weighted by Gasteiger charge is 2.34. The van der Waals surface area contributed by atoms with Crippen LogP contribution in [0.3, 0.4) is 0 Å². The Morgan fingerprint density at radius 1 is 1.35 bits per heavy atom. The van der Waals surface area contributed by atoms with Crippen molar-refractivity contribution in [3.63, 3.8) is 0 Å². The van der Waals surface area contributed by atoms with Crippen LogP contribution in [0.1, 0.15) is 52.9 Å². The van der Waals surface area contributed by atoms with Crippen LogP contribution < -0.4 is 0 Å². The number of nitrogens with zero attached hydrogens (tertiary/aromatic N) is 1. The molecule has 1 aliphatic carbocycles. The molecule has 0 spiro atoms. The summed E-state index contributed by atoms with van der Waals surface area (Å²) in [5.74, 6) is -2.20. The highest BCUT2D eigenvalue weighted by molar-refractivity contribution is 7.91. The molecule has 0 aliphatic heterocycles. The van der Waals surface area contributed by atoms with Gasteiger partial charge in [0.15, 0.2) is 0 Å². The van der Waals surface area contributed by atoms with Gasteiger partial charge in [0.05, 0.1) is 6.21 Å². The Kier molecular flexibility index (Phi) is 4.95. The van der Waals surface area contributed by atoms with Gasteiger partial charge in [0.25, 0.3) is 0 Å². The van der Waals surface area contributed by atoms with Crippen LogP contribution in [-0.4, -0.2) is 21.4 Å². The van der Waals surface area contributed by atoms with Gasteiger partial charge in [-0.05, 0) is 46.0 Å². The van der Waals surface area contributed by atoms with Crippen LogP contribution >= 0.6 is 0 Å². The van der Waals surface area contributed by atoms with Gasteiger partial charge in [0.1, 0.15) is 16.1 Å². The summed E-state index contributed by atoms with van der Waals surface area (Å²) in [5, 5.41) is 0. The molecule has 0 unspecified atom stereocenters. The lowest BCUT2D eigenvalue weighted by molar-refractivity contribution is -0.0448. The molecule has 1 saturated carbocycles. The monoisotopic (exact) mass is 265 g/mol. The van der Waals surface area contributed by atoms with Crippen molar-refractivity contribution in [2.45, 2.75) is 63.5 Å². The first-order valence-electron chi connectivity index (χ1n) is 6.03. The molecule has 0 aromatic carbocycles. The molecule has 0 N–H and O–H groups in total. The van der Waals surface area contributed by atoms with Gasteiger partial charge in [0, 0.05) is 12.8 Å². The predicted molar refractivity (Wildman–Crippen MR) is 67.9 cm³/mol. The second kappa shape index (κ2) is 5.65. The molecule has 5 heteroatoms. The van der Waals surface area contributed by atoms with Crippen LogP contribution in [0.25, 0.3) is 0 Å². The fourth-order valence-electron chi connectivity index (χ4n) is 1.75. The van der Waals surface area contributed by atoms with Gasteiger partial charge in [-0.1, -0.05) is 4.40 Å². The van der Waals surface area contributed by atoms with Crippen molar-refractivity contribution in [1.29, 1.82) is 0 Å². The largest absolute Gasteiger partial charge is 0.591 e. The molecular formula is C12H21F2NOS. The number of rotatable bonds is 3. The van der Waals surface area contributed by atoms with E-state index in [4.69, 9.17) is 0 Å². The third-order valence-corrected chi connectivity index (χ3v) is 4.36. The predicted octanol–water partition coefficient (Wildman–Crippen LogP) is 3.74. The maximum Gasteiger partial charge on any atom is 0.248 e. The molecule has 17 heavy (non-hydrogen) atoms. The van der Waals surface area contributed by atoms with E-state index in [1.54, 1.807) is 6.21 Å². The Labute approximate surface area is 105 Å². The SMILES string of the molecule is CC(C)(C)[S@@+]([O-])N=CCC1CCC(F)(F)CC1. The Bertz CT molecular complexity index is 266. The first-order valence-corrected chi connectivity index (χ1v) is 7.14. The van der Waals surface area contributed by atoms with Crippen LogP contribution in [0.15, 0.2) is 4.40 Å². The summed E-state index contributed by atoms with van der Waals surface area (Å²) >= 11 is -1.24. The van der Waals surface area contributed by atoms with E-state index in [1.165, 1.54) is 0 Å². The standard InChI is InChI=1S/C12H21F2NOS/c1-11(2,3)17(16)15-9-6-10-4-7-12(13,14)8-5-10/h9-10H,4-8H2,1-3H3/t17-/m1/s1. The molecule has 2 nitrogen and oxygen atoms in total. The summed E-state index contributed by atoms with van der Waals surface area (Å²) in [5.41, 5.74) is 0. The van der Waals surface area contributed by atoms with E-state index in [0.717, 1.165) is 0 Å². The normalized spacial score (nSPS) is 24.1. The van der Waals surface area contributed by atoms with E-state index in [1.807, 2.05) is 20.8 Å². The van der Waals surface area contributed by atoms with Gasteiger partial charge in [0.2, 0.25) is 5.92 Å². The third-order valence-electron chi connectivity index (χ3n) is 2.97. The highest BCUT2D eigenvalue weighted by atomic mass is 32.2. The van der Waals surface area contributed by atoms with Gasteiger partial charge in [-0.3, -0.25) is 0 Å². The van der Waals surface area contributed by atoms with Crippen LogP contribution in [-0.2, 0) is 11.4 Å². The third kappa shape index (κ3) is 5.34. The molecule has 0 amide bonds. The van der Waals surface area contributed by atoms with Gasteiger partial charge in [-0.2, -0.15) is 0 Å². The van der Waals surface area contributed by atoms with E-state index in [9.17, 15) is 13.3 Å². The molecular weight excluding hydrogens is 244 g/mol. The Morgan fingerprint density at radius 2 is 1.88 bits per heavy atom. The Balaban J connectivity index is 2.30. The zero-order chi connectivity index (χ0) is 13.1. The number of alkyl halides is 2. The molecule has 1 fully saturated rings. The maximum absolute atomic E-state index is 12.9. The minimum atomic E-state index is -2.47. The van der Waals surface area contributed by atoms with Gasteiger partial charge in [-0.25, -0.2) is 8.78 Å². The van der Waals surface area contributed by atoms with E-state index < -0.39 is 17.3 Å². The molecule has 0 bridgehead atoms. The fourth-order valence-corrected chi connectivity index (χ4v) is 2.29. The molecule has 0 aromatic rings. The Morgan fingerprint density at radius 3 is 2.35 bits per heavy atom. The van der Waals surface area contributed by atoms with Crippen molar-refractivity contribution < 1.29 is 13.3 Å². The van der Waals surface area contributed by atoms with Crippen LogP contribution in [0.5, 0.6) is 0 Å². The first-order chi connectivity index (χ1) is 7.71. The molecule has 0 heterocycles. The summed E-state index contributed by atoms with van der Waals surface area (Å²) in [6.07, 6.45) is 3.36. The van der Waals surface area contributed by atoms with E-state index in [2.05, 4.69) is 4.40 Å². The minimum absolute atomic E-state index is 0.0200. The molecule has 0 aromatic heterocycles. The zero-order valence-corrected chi connectivity index (χ0v) is 11.5. The summed E-state index contributed by atoms with van der Waals surface area (Å²) in [4.78, 5) is 0. The first kappa shape index (κ1) is 14.9.